The monoisotopic (exact) mass is 234 g/mol. The first kappa shape index (κ1) is 11.7. The predicted molar refractivity (Wildman–Crippen MR) is 59.0 cm³/mol. The van der Waals surface area contributed by atoms with Crippen LogP contribution in [0.25, 0.3) is 0 Å². The van der Waals surface area contributed by atoms with E-state index in [1.54, 1.807) is 12.3 Å². The van der Waals surface area contributed by atoms with Crippen molar-refractivity contribution in [2.45, 2.75) is 24.8 Å². The molecule has 0 aliphatic carbocycles. The number of thioether (sulfide) groups is 1. The molecule has 14 heavy (non-hydrogen) atoms. The van der Waals surface area contributed by atoms with E-state index in [0.29, 0.717) is 10.6 Å². The fourth-order valence-corrected chi connectivity index (χ4v) is 1.82. The second kappa shape index (κ2) is 4.89. The van der Waals surface area contributed by atoms with Crippen LogP contribution in [-0.2, 0) is 0 Å². The zero-order chi connectivity index (χ0) is 10.7. The van der Waals surface area contributed by atoms with Crippen LogP contribution in [0.3, 0.4) is 0 Å². The van der Waals surface area contributed by atoms with E-state index in [0.717, 1.165) is 0 Å². The van der Waals surface area contributed by atoms with Crippen molar-refractivity contribution >= 4 is 23.4 Å². The van der Waals surface area contributed by atoms with E-state index < -0.39 is 0 Å². The number of ether oxygens (including phenoxy) is 1. The number of halogens is 2. The van der Waals surface area contributed by atoms with Crippen LogP contribution in [0, 0.1) is 5.82 Å². The molecule has 1 nitrogen and oxygen atoms in total. The summed E-state index contributed by atoms with van der Waals surface area (Å²) < 4.78 is 18.7. The average Bonchev–Trinajstić information content (AvgIpc) is 2.10. The molecule has 78 valence electrons. The van der Waals surface area contributed by atoms with Crippen LogP contribution in [0.15, 0.2) is 17.0 Å². The molecule has 4 heteroatoms. The molecule has 0 saturated heterocycles. The fourth-order valence-electron chi connectivity index (χ4n) is 1.03. The zero-order valence-corrected chi connectivity index (χ0v) is 9.88. The Bertz CT molecular complexity index is 328. The highest BCUT2D eigenvalue weighted by molar-refractivity contribution is 7.98. The summed E-state index contributed by atoms with van der Waals surface area (Å²) in [5.74, 6) is 0.228. The fraction of sp³-hybridized carbons (Fsp3) is 0.400. The van der Waals surface area contributed by atoms with E-state index >= 15 is 0 Å². The van der Waals surface area contributed by atoms with Gasteiger partial charge in [-0.2, -0.15) is 0 Å². The minimum atomic E-state index is -0.379. The van der Waals surface area contributed by atoms with E-state index in [1.807, 2.05) is 13.8 Å². The summed E-state index contributed by atoms with van der Waals surface area (Å²) >= 11 is 7.02. The van der Waals surface area contributed by atoms with Crippen LogP contribution in [0.4, 0.5) is 4.39 Å². The van der Waals surface area contributed by atoms with Crippen molar-refractivity contribution in [1.82, 2.24) is 0 Å². The molecule has 0 radical (unpaired) electrons. The molecule has 0 amide bonds. The molecule has 0 unspecified atom stereocenters. The Balaban J connectivity index is 3.03. The van der Waals surface area contributed by atoms with E-state index in [1.165, 1.54) is 17.8 Å². The Kier molecular flexibility index (Phi) is 4.08. The van der Waals surface area contributed by atoms with Crippen molar-refractivity contribution in [2.24, 2.45) is 0 Å². The van der Waals surface area contributed by atoms with Gasteiger partial charge in [-0.1, -0.05) is 11.6 Å². The Hall–Kier alpha value is -0.410. The Morgan fingerprint density at radius 1 is 1.43 bits per heavy atom. The van der Waals surface area contributed by atoms with Crippen molar-refractivity contribution in [2.75, 3.05) is 6.26 Å². The van der Waals surface area contributed by atoms with Gasteiger partial charge in [0.05, 0.1) is 11.1 Å². The van der Waals surface area contributed by atoms with Gasteiger partial charge < -0.3 is 4.74 Å². The maximum Gasteiger partial charge on any atom is 0.155 e. The third-order valence-corrected chi connectivity index (χ3v) is 2.57. The second-order valence-corrected chi connectivity index (χ2v) is 4.34. The minimum absolute atomic E-state index is 0.0613. The van der Waals surface area contributed by atoms with E-state index in [9.17, 15) is 4.39 Å². The Morgan fingerprint density at radius 2 is 2.07 bits per heavy atom. The van der Waals surface area contributed by atoms with Gasteiger partial charge in [0, 0.05) is 11.0 Å². The largest absolute Gasteiger partial charge is 0.491 e. The summed E-state index contributed by atoms with van der Waals surface area (Å²) in [5.41, 5.74) is 0. The molecule has 1 aromatic rings. The molecule has 1 rings (SSSR count). The molecule has 0 spiro atoms. The van der Waals surface area contributed by atoms with Crippen molar-refractivity contribution in [3.63, 3.8) is 0 Å². The molecule has 0 heterocycles. The molecule has 0 aliphatic heterocycles. The molecular formula is C10H12ClFOS. The lowest BCUT2D eigenvalue weighted by Crippen LogP contribution is -2.05. The van der Waals surface area contributed by atoms with Gasteiger partial charge in [-0.05, 0) is 26.2 Å². The molecule has 0 bridgehead atoms. The van der Waals surface area contributed by atoms with Gasteiger partial charge >= 0.3 is 0 Å². The summed E-state index contributed by atoms with van der Waals surface area (Å²) in [4.78, 5) is 0.508. The molecular weight excluding hydrogens is 223 g/mol. The number of benzene rings is 1. The average molecular weight is 235 g/mol. The molecule has 0 N–H and O–H groups in total. The van der Waals surface area contributed by atoms with Crippen LogP contribution < -0.4 is 4.74 Å². The van der Waals surface area contributed by atoms with Crippen LogP contribution in [0.1, 0.15) is 13.8 Å². The SMILES string of the molecule is CSc1cc(OC(C)C)cc(Cl)c1F. The summed E-state index contributed by atoms with van der Waals surface area (Å²) in [5, 5.41) is 0.104. The summed E-state index contributed by atoms with van der Waals surface area (Å²) in [6.45, 7) is 3.83. The lowest BCUT2D eigenvalue weighted by atomic mass is 10.3. The normalized spacial score (nSPS) is 10.7. The van der Waals surface area contributed by atoms with E-state index in [2.05, 4.69) is 0 Å². The first-order valence-corrected chi connectivity index (χ1v) is 5.84. The smallest absolute Gasteiger partial charge is 0.155 e. The Labute approximate surface area is 92.6 Å². The summed E-state index contributed by atoms with van der Waals surface area (Å²) in [6.07, 6.45) is 1.86. The van der Waals surface area contributed by atoms with E-state index in [-0.39, 0.29) is 16.9 Å². The highest BCUT2D eigenvalue weighted by Crippen LogP contribution is 2.31. The van der Waals surface area contributed by atoms with Crippen molar-refractivity contribution in [3.8, 4) is 5.75 Å². The van der Waals surface area contributed by atoms with Gasteiger partial charge in [-0.15, -0.1) is 11.8 Å². The van der Waals surface area contributed by atoms with Gasteiger partial charge in [0.15, 0.2) is 5.82 Å². The van der Waals surface area contributed by atoms with Gasteiger partial charge in [-0.3, -0.25) is 0 Å². The van der Waals surface area contributed by atoms with Gasteiger partial charge in [0.25, 0.3) is 0 Å². The molecule has 0 saturated carbocycles. The highest BCUT2D eigenvalue weighted by Gasteiger charge is 2.09. The lowest BCUT2D eigenvalue weighted by molar-refractivity contribution is 0.241. The zero-order valence-electron chi connectivity index (χ0n) is 8.30. The van der Waals surface area contributed by atoms with Crippen LogP contribution in [-0.4, -0.2) is 12.4 Å². The first-order valence-electron chi connectivity index (χ1n) is 4.24. The van der Waals surface area contributed by atoms with Crippen molar-refractivity contribution in [3.05, 3.63) is 23.0 Å². The van der Waals surface area contributed by atoms with E-state index in [4.69, 9.17) is 16.3 Å². The Morgan fingerprint density at radius 3 is 2.57 bits per heavy atom. The second-order valence-electron chi connectivity index (χ2n) is 3.09. The third kappa shape index (κ3) is 2.79. The number of hydrogen-bond donors (Lipinski definition) is 0. The third-order valence-electron chi connectivity index (χ3n) is 1.56. The minimum Gasteiger partial charge on any atom is -0.491 e. The maximum atomic E-state index is 13.3. The first-order chi connectivity index (χ1) is 6.54. The predicted octanol–water partition coefficient (Wildman–Crippen LogP) is 3.99. The summed E-state index contributed by atoms with van der Waals surface area (Å²) in [7, 11) is 0. The topological polar surface area (TPSA) is 9.23 Å². The molecule has 0 aliphatic rings. The van der Waals surface area contributed by atoms with Gasteiger partial charge in [0.2, 0.25) is 0 Å². The molecule has 1 aromatic carbocycles. The standard InChI is InChI=1S/C10H12ClFOS/c1-6(2)13-7-4-8(11)10(12)9(5-7)14-3/h4-6H,1-3H3. The highest BCUT2D eigenvalue weighted by atomic mass is 35.5. The quantitative estimate of drug-likeness (QED) is 0.732. The number of rotatable bonds is 3. The van der Waals surface area contributed by atoms with Crippen molar-refractivity contribution < 1.29 is 9.13 Å². The van der Waals surface area contributed by atoms with Crippen molar-refractivity contribution in [1.29, 1.82) is 0 Å². The molecule has 0 fully saturated rings. The van der Waals surface area contributed by atoms with Gasteiger partial charge in [-0.25, -0.2) is 4.39 Å². The summed E-state index contributed by atoms with van der Waals surface area (Å²) in [6, 6.07) is 3.16. The lowest BCUT2D eigenvalue weighted by Gasteiger charge is -2.11. The van der Waals surface area contributed by atoms with Gasteiger partial charge in [0.1, 0.15) is 5.75 Å². The molecule has 0 aromatic heterocycles. The van der Waals surface area contributed by atoms with Crippen LogP contribution in [0.5, 0.6) is 5.75 Å². The maximum absolute atomic E-state index is 13.3. The number of hydrogen-bond acceptors (Lipinski definition) is 2. The van der Waals surface area contributed by atoms with Crippen LogP contribution in [0.2, 0.25) is 5.02 Å². The molecule has 0 atom stereocenters. The van der Waals surface area contributed by atoms with Crippen LogP contribution >= 0.6 is 23.4 Å².